The number of amides is 1. The molecular weight excluding hydrogens is 258 g/mol. The van der Waals surface area contributed by atoms with Crippen molar-refractivity contribution in [3.8, 4) is 0 Å². The maximum absolute atomic E-state index is 12.6. The lowest BCUT2D eigenvalue weighted by Crippen LogP contribution is -2.43. The van der Waals surface area contributed by atoms with Crippen LogP contribution in [0, 0.1) is 6.92 Å². The molecule has 2 aromatic rings. The van der Waals surface area contributed by atoms with Crippen LogP contribution in [0.15, 0.2) is 24.7 Å². The van der Waals surface area contributed by atoms with Crippen LogP contribution in [0.25, 0.3) is 0 Å². The number of carbonyl (C=O) groups is 1. The number of aromatic nitrogens is 4. The van der Waals surface area contributed by atoms with E-state index < -0.39 is 0 Å². The fraction of sp³-hybridized carbons (Fsp3) is 0.385. The molecule has 0 saturated carbocycles. The number of rotatable bonds is 2. The van der Waals surface area contributed by atoms with E-state index in [1.807, 2.05) is 13.0 Å². The van der Waals surface area contributed by atoms with Crippen LogP contribution in [0.5, 0.6) is 0 Å². The van der Waals surface area contributed by atoms with Gasteiger partial charge < -0.3 is 9.64 Å². The van der Waals surface area contributed by atoms with Gasteiger partial charge in [-0.15, -0.1) is 0 Å². The molecule has 1 fully saturated rings. The van der Waals surface area contributed by atoms with Gasteiger partial charge in [-0.1, -0.05) is 0 Å². The highest BCUT2D eigenvalue weighted by Crippen LogP contribution is 2.23. The van der Waals surface area contributed by atoms with Gasteiger partial charge in [0, 0.05) is 18.9 Å². The van der Waals surface area contributed by atoms with Crippen LogP contribution in [0.2, 0.25) is 0 Å². The monoisotopic (exact) mass is 273 g/mol. The number of aromatic amines is 1. The maximum atomic E-state index is 12.6. The summed E-state index contributed by atoms with van der Waals surface area (Å²) in [6.07, 6.45) is 4.77. The van der Waals surface area contributed by atoms with Crippen molar-refractivity contribution in [1.29, 1.82) is 0 Å². The van der Waals surface area contributed by atoms with E-state index in [1.165, 1.54) is 6.20 Å². The zero-order chi connectivity index (χ0) is 13.9. The summed E-state index contributed by atoms with van der Waals surface area (Å²) < 4.78 is 5.46. The highest BCUT2D eigenvalue weighted by Gasteiger charge is 2.30. The van der Waals surface area contributed by atoms with Crippen molar-refractivity contribution in [1.82, 2.24) is 25.1 Å². The summed E-state index contributed by atoms with van der Waals surface area (Å²) in [7, 11) is 0. The Kier molecular flexibility index (Phi) is 3.42. The van der Waals surface area contributed by atoms with Crippen LogP contribution in [0.1, 0.15) is 27.9 Å². The highest BCUT2D eigenvalue weighted by atomic mass is 16.5. The average Bonchev–Trinajstić information content (AvgIpc) is 3.01. The van der Waals surface area contributed by atoms with E-state index in [-0.39, 0.29) is 11.9 Å². The third kappa shape index (κ3) is 2.39. The van der Waals surface area contributed by atoms with Gasteiger partial charge in [0.05, 0.1) is 36.8 Å². The molecule has 0 spiro atoms. The smallest absolute Gasteiger partial charge is 0.274 e. The third-order valence-corrected chi connectivity index (χ3v) is 3.27. The molecule has 2 aromatic heterocycles. The molecule has 1 amide bonds. The number of nitrogens with one attached hydrogen (secondary N) is 1. The number of hydrogen-bond acceptors (Lipinski definition) is 5. The van der Waals surface area contributed by atoms with E-state index in [4.69, 9.17) is 4.74 Å². The first-order valence-corrected chi connectivity index (χ1v) is 6.42. The SMILES string of the molecule is Cc1cnc(C(=O)N2CCOC[C@H]2c2ccn[nH]2)cn1. The Morgan fingerprint density at radius 2 is 2.35 bits per heavy atom. The molecule has 7 nitrogen and oxygen atoms in total. The topological polar surface area (TPSA) is 84.0 Å². The predicted molar refractivity (Wildman–Crippen MR) is 70.0 cm³/mol. The minimum atomic E-state index is -0.165. The summed E-state index contributed by atoms with van der Waals surface area (Å²) in [6.45, 7) is 3.34. The van der Waals surface area contributed by atoms with Crippen LogP contribution in [-0.2, 0) is 4.74 Å². The molecule has 0 radical (unpaired) electrons. The van der Waals surface area contributed by atoms with Gasteiger partial charge >= 0.3 is 0 Å². The largest absolute Gasteiger partial charge is 0.377 e. The zero-order valence-electron chi connectivity index (χ0n) is 11.1. The molecular formula is C13H15N5O2. The summed E-state index contributed by atoms with van der Waals surface area (Å²) in [6, 6.07) is 1.68. The van der Waals surface area contributed by atoms with Gasteiger partial charge in [0.25, 0.3) is 5.91 Å². The van der Waals surface area contributed by atoms with Crippen molar-refractivity contribution in [2.75, 3.05) is 19.8 Å². The van der Waals surface area contributed by atoms with Crippen molar-refractivity contribution in [3.63, 3.8) is 0 Å². The average molecular weight is 273 g/mol. The van der Waals surface area contributed by atoms with E-state index in [2.05, 4.69) is 20.2 Å². The van der Waals surface area contributed by atoms with Crippen LogP contribution < -0.4 is 0 Å². The molecule has 0 aromatic carbocycles. The van der Waals surface area contributed by atoms with Crippen LogP contribution in [-0.4, -0.2) is 50.7 Å². The molecule has 1 aliphatic rings. The lowest BCUT2D eigenvalue weighted by atomic mass is 10.1. The number of ether oxygens (including phenoxy) is 1. The van der Waals surface area contributed by atoms with Crippen molar-refractivity contribution in [2.24, 2.45) is 0 Å². The first kappa shape index (κ1) is 12.7. The zero-order valence-corrected chi connectivity index (χ0v) is 11.1. The van der Waals surface area contributed by atoms with Crippen LogP contribution in [0.4, 0.5) is 0 Å². The fourth-order valence-corrected chi connectivity index (χ4v) is 2.21. The van der Waals surface area contributed by atoms with E-state index in [0.29, 0.717) is 25.5 Å². The van der Waals surface area contributed by atoms with Gasteiger partial charge in [-0.25, -0.2) is 4.98 Å². The maximum Gasteiger partial charge on any atom is 0.274 e. The number of H-pyrrole nitrogens is 1. The second kappa shape index (κ2) is 5.38. The first-order valence-electron chi connectivity index (χ1n) is 6.42. The van der Waals surface area contributed by atoms with Crippen molar-refractivity contribution < 1.29 is 9.53 Å². The Hall–Kier alpha value is -2.28. The molecule has 3 heterocycles. The quantitative estimate of drug-likeness (QED) is 0.871. The summed E-state index contributed by atoms with van der Waals surface area (Å²) in [5, 5.41) is 6.82. The lowest BCUT2D eigenvalue weighted by molar-refractivity contribution is -0.00424. The second-order valence-electron chi connectivity index (χ2n) is 4.64. The molecule has 20 heavy (non-hydrogen) atoms. The Labute approximate surface area is 116 Å². The van der Waals surface area contributed by atoms with Crippen molar-refractivity contribution in [2.45, 2.75) is 13.0 Å². The Balaban J connectivity index is 1.86. The third-order valence-electron chi connectivity index (χ3n) is 3.27. The molecule has 3 rings (SSSR count). The minimum absolute atomic E-state index is 0.139. The Morgan fingerprint density at radius 1 is 1.45 bits per heavy atom. The van der Waals surface area contributed by atoms with E-state index in [0.717, 1.165) is 11.4 Å². The summed E-state index contributed by atoms with van der Waals surface area (Å²) in [4.78, 5) is 22.6. The van der Waals surface area contributed by atoms with E-state index in [9.17, 15) is 4.79 Å². The van der Waals surface area contributed by atoms with Gasteiger partial charge in [0.2, 0.25) is 0 Å². The number of nitrogens with zero attached hydrogens (tertiary/aromatic N) is 4. The summed E-state index contributed by atoms with van der Waals surface area (Å²) in [5.74, 6) is -0.139. The molecule has 0 bridgehead atoms. The normalized spacial score (nSPS) is 19.1. The Morgan fingerprint density at radius 3 is 3.05 bits per heavy atom. The molecule has 1 N–H and O–H groups in total. The lowest BCUT2D eigenvalue weighted by Gasteiger charge is -2.34. The van der Waals surface area contributed by atoms with Gasteiger partial charge in [-0.2, -0.15) is 5.10 Å². The molecule has 104 valence electrons. The fourth-order valence-electron chi connectivity index (χ4n) is 2.21. The molecule has 1 aliphatic heterocycles. The standard InChI is InChI=1S/C13H15N5O2/c1-9-6-15-11(7-14-9)13(19)18-4-5-20-8-12(18)10-2-3-16-17-10/h2-3,6-7,12H,4-5,8H2,1H3,(H,16,17)/t12-/m0/s1. The predicted octanol–water partition coefficient (Wildman–Crippen LogP) is 0.722. The van der Waals surface area contributed by atoms with Crippen LogP contribution in [0.3, 0.4) is 0 Å². The molecule has 1 atom stereocenters. The number of hydrogen-bond donors (Lipinski definition) is 1. The van der Waals surface area contributed by atoms with E-state index >= 15 is 0 Å². The molecule has 0 unspecified atom stereocenters. The second-order valence-corrected chi connectivity index (χ2v) is 4.64. The summed E-state index contributed by atoms with van der Waals surface area (Å²) >= 11 is 0. The van der Waals surface area contributed by atoms with Gasteiger partial charge in [-0.3, -0.25) is 14.9 Å². The number of carbonyl (C=O) groups excluding carboxylic acids is 1. The number of aryl methyl sites for hydroxylation is 1. The van der Waals surface area contributed by atoms with Gasteiger partial charge in [0.1, 0.15) is 5.69 Å². The number of morpholine rings is 1. The molecule has 1 saturated heterocycles. The van der Waals surface area contributed by atoms with Gasteiger partial charge in [0.15, 0.2) is 0 Å². The Bertz CT molecular complexity index is 581. The molecule has 7 heteroatoms. The summed E-state index contributed by atoms with van der Waals surface area (Å²) in [5.41, 5.74) is 1.99. The molecule has 0 aliphatic carbocycles. The van der Waals surface area contributed by atoms with E-state index in [1.54, 1.807) is 17.3 Å². The van der Waals surface area contributed by atoms with Crippen LogP contribution >= 0.6 is 0 Å². The van der Waals surface area contributed by atoms with Crippen molar-refractivity contribution in [3.05, 3.63) is 41.7 Å². The highest BCUT2D eigenvalue weighted by molar-refractivity contribution is 5.92. The minimum Gasteiger partial charge on any atom is -0.377 e. The van der Waals surface area contributed by atoms with Gasteiger partial charge in [-0.05, 0) is 13.0 Å². The van der Waals surface area contributed by atoms with Crippen molar-refractivity contribution >= 4 is 5.91 Å². The first-order chi connectivity index (χ1) is 9.75.